The van der Waals surface area contributed by atoms with Gasteiger partial charge in [0.2, 0.25) is 5.91 Å². The lowest BCUT2D eigenvalue weighted by Gasteiger charge is -2.24. The summed E-state index contributed by atoms with van der Waals surface area (Å²) < 4.78 is 5.18. The molecule has 2 aliphatic rings. The van der Waals surface area contributed by atoms with Gasteiger partial charge in [0.05, 0.1) is 6.10 Å². The van der Waals surface area contributed by atoms with Crippen LogP contribution in [0.2, 0.25) is 0 Å². The van der Waals surface area contributed by atoms with Gasteiger partial charge in [-0.25, -0.2) is 0 Å². The second-order valence-corrected chi connectivity index (χ2v) is 5.35. The van der Waals surface area contributed by atoms with Gasteiger partial charge < -0.3 is 15.0 Å². The molecule has 2 rings (SSSR count). The van der Waals surface area contributed by atoms with Crippen LogP contribution in [0.4, 0.5) is 0 Å². The fourth-order valence-electron chi connectivity index (χ4n) is 2.77. The van der Waals surface area contributed by atoms with Crippen molar-refractivity contribution >= 4 is 5.91 Å². The molecule has 2 bridgehead atoms. The Bertz CT molecular complexity index is 270. The Morgan fingerprint density at radius 3 is 2.94 bits per heavy atom. The first kappa shape index (κ1) is 12.8. The van der Waals surface area contributed by atoms with Crippen molar-refractivity contribution in [2.24, 2.45) is 0 Å². The Balaban J connectivity index is 1.79. The first-order chi connectivity index (χ1) is 8.19. The number of rotatable bonds is 4. The van der Waals surface area contributed by atoms with Crippen molar-refractivity contribution in [3.05, 3.63) is 0 Å². The average molecular weight is 240 g/mol. The largest absolute Gasteiger partial charge is 0.382 e. The standard InChI is InChI=1S/C13H24N2O2/c1-10(17-2)3-6-13(16)15-8-7-11-4-5-12(9-15)14-11/h10-12,14H,3-9H2,1-2H3. The zero-order chi connectivity index (χ0) is 12.3. The van der Waals surface area contributed by atoms with Crippen LogP contribution in [0.5, 0.6) is 0 Å². The molecule has 0 aromatic carbocycles. The van der Waals surface area contributed by atoms with Crippen LogP contribution in [0.15, 0.2) is 0 Å². The summed E-state index contributed by atoms with van der Waals surface area (Å²) in [4.78, 5) is 14.1. The highest BCUT2D eigenvalue weighted by Gasteiger charge is 2.30. The fourth-order valence-corrected chi connectivity index (χ4v) is 2.77. The zero-order valence-electron chi connectivity index (χ0n) is 10.9. The van der Waals surface area contributed by atoms with Gasteiger partial charge in [-0.3, -0.25) is 4.79 Å². The van der Waals surface area contributed by atoms with Gasteiger partial charge in [-0.05, 0) is 32.6 Å². The molecule has 4 nitrogen and oxygen atoms in total. The van der Waals surface area contributed by atoms with Gasteiger partial charge in [0, 0.05) is 38.7 Å². The third-order valence-corrected chi connectivity index (χ3v) is 4.04. The SMILES string of the molecule is COC(C)CCC(=O)N1CCC2CCC(C1)N2. The van der Waals surface area contributed by atoms with Gasteiger partial charge in [-0.15, -0.1) is 0 Å². The maximum Gasteiger partial charge on any atom is 0.222 e. The summed E-state index contributed by atoms with van der Waals surface area (Å²) in [5.74, 6) is 0.295. The van der Waals surface area contributed by atoms with Gasteiger partial charge in [0.1, 0.15) is 0 Å². The van der Waals surface area contributed by atoms with Gasteiger partial charge in [0.15, 0.2) is 0 Å². The third kappa shape index (κ3) is 3.42. The van der Waals surface area contributed by atoms with E-state index in [2.05, 4.69) is 5.32 Å². The molecule has 0 aromatic rings. The molecule has 2 fully saturated rings. The molecule has 0 aliphatic carbocycles. The van der Waals surface area contributed by atoms with Crippen molar-refractivity contribution in [3.63, 3.8) is 0 Å². The molecule has 2 saturated heterocycles. The van der Waals surface area contributed by atoms with Crippen molar-refractivity contribution in [2.75, 3.05) is 20.2 Å². The van der Waals surface area contributed by atoms with E-state index < -0.39 is 0 Å². The van der Waals surface area contributed by atoms with Crippen LogP contribution >= 0.6 is 0 Å². The van der Waals surface area contributed by atoms with Crippen molar-refractivity contribution in [1.29, 1.82) is 0 Å². The van der Waals surface area contributed by atoms with Crippen molar-refractivity contribution in [2.45, 2.75) is 57.2 Å². The summed E-state index contributed by atoms with van der Waals surface area (Å²) in [5, 5.41) is 3.60. The van der Waals surface area contributed by atoms with E-state index in [0.29, 0.717) is 24.4 Å². The van der Waals surface area contributed by atoms with E-state index in [4.69, 9.17) is 4.74 Å². The highest BCUT2D eigenvalue weighted by molar-refractivity contribution is 5.76. The monoisotopic (exact) mass is 240 g/mol. The fraction of sp³-hybridized carbons (Fsp3) is 0.923. The van der Waals surface area contributed by atoms with E-state index >= 15 is 0 Å². The van der Waals surface area contributed by atoms with E-state index in [0.717, 1.165) is 25.9 Å². The summed E-state index contributed by atoms with van der Waals surface area (Å²) in [6, 6.07) is 1.18. The second kappa shape index (κ2) is 5.83. The van der Waals surface area contributed by atoms with E-state index in [-0.39, 0.29) is 6.10 Å². The topological polar surface area (TPSA) is 41.6 Å². The van der Waals surface area contributed by atoms with E-state index in [9.17, 15) is 4.79 Å². The molecule has 2 heterocycles. The molecule has 0 radical (unpaired) electrons. The maximum atomic E-state index is 12.1. The summed E-state index contributed by atoms with van der Waals surface area (Å²) in [6.45, 7) is 3.84. The Morgan fingerprint density at radius 1 is 1.41 bits per heavy atom. The highest BCUT2D eigenvalue weighted by atomic mass is 16.5. The number of fused-ring (bicyclic) bond motifs is 2. The molecular weight excluding hydrogens is 216 g/mol. The van der Waals surface area contributed by atoms with Crippen LogP contribution < -0.4 is 5.32 Å². The number of carbonyl (C=O) groups excluding carboxylic acids is 1. The molecule has 1 N–H and O–H groups in total. The summed E-state index contributed by atoms with van der Waals surface area (Å²) >= 11 is 0. The van der Waals surface area contributed by atoms with E-state index in [1.54, 1.807) is 7.11 Å². The molecule has 98 valence electrons. The van der Waals surface area contributed by atoms with Crippen LogP contribution in [-0.4, -0.2) is 49.2 Å². The molecular formula is C13H24N2O2. The quantitative estimate of drug-likeness (QED) is 0.801. The Labute approximate surface area is 104 Å². The van der Waals surface area contributed by atoms with Gasteiger partial charge in [0.25, 0.3) is 0 Å². The van der Waals surface area contributed by atoms with Crippen molar-refractivity contribution in [1.82, 2.24) is 10.2 Å². The number of ether oxygens (including phenoxy) is 1. The second-order valence-electron chi connectivity index (χ2n) is 5.35. The number of carbonyl (C=O) groups is 1. The molecule has 0 saturated carbocycles. The minimum absolute atomic E-state index is 0.181. The molecule has 4 heteroatoms. The zero-order valence-corrected chi connectivity index (χ0v) is 10.9. The van der Waals surface area contributed by atoms with Crippen LogP contribution in [0.3, 0.4) is 0 Å². The van der Waals surface area contributed by atoms with Crippen molar-refractivity contribution < 1.29 is 9.53 Å². The predicted octanol–water partition coefficient (Wildman–Crippen LogP) is 1.15. The average Bonchev–Trinajstić information content (AvgIpc) is 2.65. The lowest BCUT2D eigenvalue weighted by Crippen LogP contribution is -2.39. The first-order valence-electron chi connectivity index (χ1n) is 6.75. The molecule has 3 unspecified atom stereocenters. The molecule has 0 spiro atoms. The molecule has 3 atom stereocenters. The molecule has 2 aliphatic heterocycles. The van der Waals surface area contributed by atoms with Gasteiger partial charge >= 0.3 is 0 Å². The lowest BCUT2D eigenvalue weighted by atomic mass is 10.1. The molecule has 1 amide bonds. The number of nitrogens with one attached hydrogen (secondary N) is 1. The van der Waals surface area contributed by atoms with Gasteiger partial charge in [-0.2, -0.15) is 0 Å². The van der Waals surface area contributed by atoms with Crippen LogP contribution in [0.1, 0.15) is 39.0 Å². The summed E-state index contributed by atoms with van der Waals surface area (Å²) in [7, 11) is 1.70. The third-order valence-electron chi connectivity index (χ3n) is 4.04. The summed E-state index contributed by atoms with van der Waals surface area (Å²) in [5.41, 5.74) is 0. The number of likely N-dealkylation sites (tertiary alicyclic amines) is 1. The van der Waals surface area contributed by atoms with Crippen LogP contribution in [-0.2, 0) is 9.53 Å². The van der Waals surface area contributed by atoms with Crippen LogP contribution in [0, 0.1) is 0 Å². The number of hydrogen-bond acceptors (Lipinski definition) is 3. The number of methoxy groups -OCH3 is 1. The van der Waals surface area contributed by atoms with Gasteiger partial charge in [-0.1, -0.05) is 0 Å². The van der Waals surface area contributed by atoms with E-state index in [1.165, 1.54) is 12.8 Å². The van der Waals surface area contributed by atoms with Crippen molar-refractivity contribution in [3.8, 4) is 0 Å². The number of hydrogen-bond donors (Lipinski definition) is 1. The van der Waals surface area contributed by atoms with E-state index in [1.807, 2.05) is 11.8 Å². The number of amides is 1. The Morgan fingerprint density at radius 2 is 2.18 bits per heavy atom. The number of nitrogens with zero attached hydrogens (tertiary/aromatic N) is 1. The Hall–Kier alpha value is -0.610. The molecule has 0 aromatic heterocycles. The summed E-state index contributed by atoms with van der Waals surface area (Å²) in [6.07, 6.45) is 5.25. The smallest absolute Gasteiger partial charge is 0.222 e. The first-order valence-corrected chi connectivity index (χ1v) is 6.75. The minimum Gasteiger partial charge on any atom is -0.382 e. The highest BCUT2D eigenvalue weighted by Crippen LogP contribution is 2.21. The maximum absolute atomic E-state index is 12.1. The molecule has 17 heavy (non-hydrogen) atoms. The Kier molecular flexibility index (Phi) is 4.40. The minimum atomic E-state index is 0.181. The van der Waals surface area contributed by atoms with Crippen LogP contribution in [0.25, 0.3) is 0 Å². The lowest BCUT2D eigenvalue weighted by molar-refractivity contribution is -0.132. The predicted molar refractivity (Wildman–Crippen MR) is 66.8 cm³/mol. The normalized spacial score (nSPS) is 30.1.